The largest absolute Gasteiger partial charge is 0.297 e. The van der Waals surface area contributed by atoms with Crippen molar-refractivity contribution in [3.05, 3.63) is 0 Å². The smallest absolute Gasteiger partial charge is 0.235 e. The third-order valence-corrected chi connectivity index (χ3v) is 3.04. The first-order chi connectivity index (χ1) is 6.54. The van der Waals surface area contributed by atoms with Crippen LogP contribution in [0.2, 0.25) is 0 Å². The van der Waals surface area contributed by atoms with Crippen molar-refractivity contribution in [1.82, 2.24) is 10.3 Å². The van der Waals surface area contributed by atoms with Gasteiger partial charge in [-0.25, -0.2) is 5.84 Å². The lowest BCUT2D eigenvalue weighted by Gasteiger charge is -2.27. The first kappa shape index (κ1) is 11.5. The van der Waals surface area contributed by atoms with Gasteiger partial charge in [0.25, 0.3) is 0 Å². The molecular weight excluding hydrogens is 178 g/mol. The predicted octanol–water partition coefficient (Wildman–Crippen LogP) is 0.485. The molecular formula is C10H21N3O. The number of nitrogens with one attached hydrogen (secondary N) is 1. The fourth-order valence-electron chi connectivity index (χ4n) is 2.39. The Bertz CT molecular complexity index is 208. The summed E-state index contributed by atoms with van der Waals surface area (Å²) < 4.78 is 0. The van der Waals surface area contributed by atoms with Crippen molar-refractivity contribution < 1.29 is 4.79 Å². The van der Waals surface area contributed by atoms with Gasteiger partial charge in [0.1, 0.15) is 0 Å². The zero-order chi connectivity index (χ0) is 10.7. The summed E-state index contributed by atoms with van der Waals surface area (Å²) in [6.45, 7) is 7.66. The number of hydrazine groups is 1. The molecule has 0 aromatic carbocycles. The summed E-state index contributed by atoms with van der Waals surface area (Å²) in [4.78, 5) is 13.5. The summed E-state index contributed by atoms with van der Waals surface area (Å²) in [5.41, 5.74) is 2.18. The number of carbonyl (C=O) groups is 1. The van der Waals surface area contributed by atoms with Gasteiger partial charge in [-0.05, 0) is 26.2 Å². The van der Waals surface area contributed by atoms with Crippen molar-refractivity contribution in [2.45, 2.75) is 45.7 Å². The molecule has 1 heterocycles. The van der Waals surface area contributed by atoms with E-state index in [1.54, 1.807) is 0 Å². The molecule has 1 rings (SSSR count). The van der Waals surface area contributed by atoms with Crippen LogP contribution in [0.15, 0.2) is 0 Å². The molecule has 0 radical (unpaired) electrons. The second-order valence-electron chi connectivity index (χ2n) is 4.51. The highest BCUT2D eigenvalue weighted by Crippen LogP contribution is 2.25. The second kappa shape index (κ2) is 4.75. The standard InChI is InChI=1S/C10H21N3O/c1-7-4-8(2)13(6-7)9(3)5-10(14)12-11/h7-9H,4-6,11H2,1-3H3,(H,12,14). The van der Waals surface area contributed by atoms with Crippen LogP contribution in [0.4, 0.5) is 0 Å². The maximum Gasteiger partial charge on any atom is 0.235 e. The van der Waals surface area contributed by atoms with Crippen LogP contribution in [-0.2, 0) is 4.79 Å². The summed E-state index contributed by atoms with van der Waals surface area (Å²) in [5, 5.41) is 0. The van der Waals surface area contributed by atoms with Gasteiger partial charge < -0.3 is 0 Å². The molecule has 1 amide bonds. The molecule has 3 N–H and O–H groups in total. The molecule has 0 spiro atoms. The third kappa shape index (κ3) is 2.69. The zero-order valence-corrected chi connectivity index (χ0v) is 9.29. The fourth-order valence-corrected chi connectivity index (χ4v) is 2.39. The van der Waals surface area contributed by atoms with Crippen molar-refractivity contribution >= 4 is 5.91 Å². The highest BCUT2D eigenvalue weighted by Gasteiger charge is 2.30. The van der Waals surface area contributed by atoms with E-state index in [0.29, 0.717) is 18.5 Å². The van der Waals surface area contributed by atoms with Gasteiger partial charge in [0, 0.05) is 25.0 Å². The third-order valence-electron chi connectivity index (χ3n) is 3.04. The van der Waals surface area contributed by atoms with Crippen LogP contribution >= 0.6 is 0 Å². The van der Waals surface area contributed by atoms with Crippen LogP contribution in [0.3, 0.4) is 0 Å². The number of hydrogen-bond acceptors (Lipinski definition) is 3. The molecule has 1 fully saturated rings. The molecule has 3 atom stereocenters. The van der Waals surface area contributed by atoms with Crippen LogP contribution in [0.5, 0.6) is 0 Å². The fraction of sp³-hybridized carbons (Fsp3) is 0.900. The monoisotopic (exact) mass is 199 g/mol. The van der Waals surface area contributed by atoms with Gasteiger partial charge in [0.05, 0.1) is 0 Å². The van der Waals surface area contributed by atoms with Gasteiger partial charge in [-0.1, -0.05) is 6.92 Å². The summed E-state index contributed by atoms with van der Waals surface area (Å²) in [6.07, 6.45) is 1.72. The Labute approximate surface area is 85.8 Å². The molecule has 1 aliphatic rings. The Kier molecular flexibility index (Phi) is 3.89. The van der Waals surface area contributed by atoms with Gasteiger partial charge in [-0.15, -0.1) is 0 Å². The minimum atomic E-state index is -0.0794. The van der Waals surface area contributed by atoms with Crippen LogP contribution in [0.1, 0.15) is 33.6 Å². The quantitative estimate of drug-likeness (QED) is 0.395. The van der Waals surface area contributed by atoms with Gasteiger partial charge >= 0.3 is 0 Å². The average molecular weight is 199 g/mol. The molecule has 82 valence electrons. The number of amides is 1. The van der Waals surface area contributed by atoms with Gasteiger partial charge in [0.2, 0.25) is 5.91 Å². The summed E-state index contributed by atoms with van der Waals surface area (Å²) in [7, 11) is 0. The number of carbonyl (C=O) groups excluding carboxylic acids is 1. The molecule has 14 heavy (non-hydrogen) atoms. The Morgan fingerprint density at radius 1 is 1.64 bits per heavy atom. The van der Waals surface area contributed by atoms with E-state index in [4.69, 9.17) is 5.84 Å². The van der Waals surface area contributed by atoms with Gasteiger partial charge in [-0.3, -0.25) is 15.1 Å². The Morgan fingerprint density at radius 3 is 2.71 bits per heavy atom. The molecule has 0 aliphatic carbocycles. The molecule has 1 aliphatic heterocycles. The predicted molar refractivity (Wildman–Crippen MR) is 56.4 cm³/mol. The Hall–Kier alpha value is -0.610. The van der Waals surface area contributed by atoms with Crippen LogP contribution in [0, 0.1) is 5.92 Å². The van der Waals surface area contributed by atoms with E-state index >= 15 is 0 Å². The van der Waals surface area contributed by atoms with Crippen LogP contribution < -0.4 is 11.3 Å². The van der Waals surface area contributed by atoms with E-state index in [1.807, 2.05) is 0 Å². The molecule has 0 aromatic rings. The Balaban J connectivity index is 2.44. The molecule has 4 heteroatoms. The molecule has 0 saturated carbocycles. The van der Waals surface area contributed by atoms with E-state index < -0.39 is 0 Å². The van der Waals surface area contributed by atoms with E-state index in [9.17, 15) is 4.79 Å². The maximum absolute atomic E-state index is 11.1. The molecule has 3 unspecified atom stereocenters. The number of hydrogen-bond donors (Lipinski definition) is 2. The lowest BCUT2D eigenvalue weighted by molar-refractivity contribution is -0.122. The lowest BCUT2D eigenvalue weighted by Crippen LogP contribution is -2.41. The maximum atomic E-state index is 11.1. The topological polar surface area (TPSA) is 58.4 Å². The van der Waals surface area contributed by atoms with Crippen LogP contribution in [-0.4, -0.2) is 29.4 Å². The first-order valence-electron chi connectivity index (χ1n) is 5.29. The van der Waals surface area contributed by atoms with E-state index in [-0.39, 0.29) is 5.91 Å². The minimum Gasteiger partial charge on any atom is -0.297 e. The lowest BCUT2D eigenvalue weighted by atomic mass is 10.1. The van der Waals surface area contributed by atoms with E-state index in [0.717, 1.165) is 12.5 Å². The molecule has 0 bridgehead atoms. The number of likely N-dealkylation sites (tertiary alicyclic amines) is 1. The number of nitrogens with two attached hydrogens (primary N) is 1. The van der Waals surface area contributed by atoms with E-state index in [2.05, 4.69) is 31.1 Å². The number of nitrogens with zero attached hydrogens (tertiary/aromatic N) is 1. The molecule has 0 aromatic heterocycles. The number of rotatable bonds is 3. The first-order valence-corrected chi connectivity index (χ1v) is 5.29. The molecule has 4 nitrogen and oxygen atoms in total. The summed E-state index contributed by atoms with van der Waals surface area (Å²) in [6, 6.07) is 0.879. The summed E-state index contributed by atoms with van der Waals surface area (Å²) in [5.74, 6) is 5.73. The van der Waals surface area contributed by atoms with Crippen molar-refractivity contribution in [2.24, 2.45) is 11.8 Å². The van der Waals surface area contributed by atoms with Crippen LogP contribution in [0.25, 0.3) is 0 Å². The van der Waals surface area contributed by atoms with Crippen molar-refractivity contribution in [2.75, 3.05) is 6.54 Å². The van der Waals surface area contributed by atoms with Crippen molar-refractivity contribution in [3.63, 3.8) is 0 Å². The normalized spacial score (nSPS) is 30.3. The van der Waals surface area contributed by atoms with Gasteiger partial charge in [-0.2, -0.15) is 0 Å². The van der Waals surface area contributed by atoms with Crippen molar-refractivity contribution in [3.8, 4) is 0 Å². The summed E-state index contributed by atoms with van der Waals surface area (Å²) >= 11 is 0. The highest BCUT2D eigenvalue weighted by molar-refractivity contribution is 5.75. The molecule has 1 saturated heterocycles. The SMILES string of the molecule is CC1CC(C)N(C(C)CC(=O)NN)C1. The van der Waals surface area contributed by atoms with Crippen molar-refractivity contribution in [1.29, 1.82) is 0 Å². The Morgan fingerprint density at radius 2 is 2.29 bits per heavy atom. The average Bonchev–Trinajstić information content (AvgIpc) is 2.45. The van der Waals surface area contributed by atoms with E-state index in [1.165, 1.54) is 6.42 Å². The highest BCUT2D eigenvalue weighted by atomic mass is 16.2. The second-order valence-corrected chi connectivity index (χ2v) is 4.51. The zero-order valence-electron chi connectivity index (χ0n) is 9.29. The van der Waals surface area contributed by atoms with Gasteiger partial charge in [0.15, 0.2) is 0 Å². The minimum absolute atomic E-state index is 0.0794.